The average molecular weight is 311 g/mol. The summed E-state index contributed by atoms with van der Waals surface area (Å²) in [5.41, 5.74) is 4.38. The maximum Gasteiger partial charge on any atom is 0.0499 e. The summed E-state index contributed by atoms with van der Waals surface area (Å²) < 4.78 is 0. The van der Waals surface area contributed by atoms with Crippen molar-refractivity contribution in [3.05, 3.63) is 29.3 Å². The largest absolute Gasteiger partial charge is 0.396 e. The second kappa shape index (κ2) is 6.99. The fourth-order valence-electron chi connectivity index (χ4n) is 3.76. The Morgan fingerprint density at radius 1 is 1.38 bits per heavy atom. The minimum atomic E-state index is 0. The van der Waals surface area contributed by atoms with Gasteiger partial charge in [0.05, 0.1) is 0 Å². The third kappa shape index (κ3) is 3.36. The van der Waals surface area contributed by atoms with Crippen LogP contribution in [-0.2, 0) is 13.0 Å². The molecule has 0 aromatic heterocycles. The van der Waals surface area contributed by atoms with Crippen LogP contribution in [0.4, 0.5) is 5.69 Å². The van der Waals surface area contributed by atoms with E-state index in [1.807, 2.05) is 0 Å². The standard InChI is InChI=1S/C17H26N2O.ClH/c1-2-17(13-20)8-4-10-19(12-17)11-15-6-3-5-14-7-9-18-16(14)15;/h3,5-6,18,20H,2,4,7-13H2,1H3;1H. The minimum Gasteiger partial charge on any atom is -0.396 e. The molecular formula is C17H27ClN2O. The first-order valence-electron chi connectivity index (χ1n) is 7.94. The van der Waals surface area contributed by atoms with Crippen LogP contribution in [0.15, 0.2) is 18.2 Å². The van der Waals surface area contributed by atoms with Gasteiger partial charge in [-0.25, -0.2) is 0 Å². The van der Waals surface area contributed by atoms with E-state index in [1.165, 1.54) is 29.7 Å². The molecule has 0 amide bonds. The van der Waals surface area contributed by atoms with Gasteiger partial charge in [-0.2, -0.15) is 0 Å². The fourth-order valence-corrected chi connectivity index (χ4v) is 3.76. The molecule has 1 fully saturated rings. The van der Waals surface area contributed by atoms with Gasteiger partial charge in [0.15, 0.2) is 0 Å². The van der Waals surface area contributed by atoms with E-state index in [-0.39, 0.29) is 17.8 Å². The van der Waals surface area contributed by atoms with Gasteiger partial charge < -0.3 is 10.4 Å². The Balaban J connectivity index is 0.00000161. The van der Waals surface area contributed by atoms with Crippen molar-refractivity contribution < 1.29 is 5.11 Å². The number of halogens is 1. The molecule has 0 saturated carbocycles. The van der Waals surface area contributed by atoms with Crippen molar-refractivity contribution in [3.8, 4) is 0 Å². The number of benzene rings is 1. The van der Waals surface area contributed by atoms with Crippen LogP contribution < -0.4 is 5.32 Å². The van der Waals surface area contributed by atoms with Crippen molar-refractivity contribution in [2.75, 3.05) is 31.6 Å². The van der Waals surface area contributed by atoms with Crippen LogP contribution in [0, 0.1) is 5.41 Å². The number of fused-ring (bicyclic) bond motifs is 1. The smallest absolute Gasteiger partial charge is 0.0499 e. The van der Waals surface area contributed by atoms with Crippen molar-refractivity contribution in [3.63, 3.8) is 0 Å². The van der Waals surface area contributed by atoms with Gasteiger partial charge >= 0.3 is 0 Å². The zero-order chi connectivity index (χ0) is 14.0. The van der Waals surface area contributed by atoms with Gasteiger partial charge in [0.25, 0.3) is 0 Å². The SMILES string of the molecule is CCC1(CO)CCCN(Cc2cccc3c2NCC3)C1.Cl. The molecule has 21 heavy (non-hydrogen) atoms. The number of nitrogens with zero attached hydrogens (tertiary/aromatic N) is 1. The first-order chi connectivity index (χ1) is 9.76. The van der Waals surface area contributed by atoms with E-state index < -0.39 is 0 Å². The third-order valence-corrected chi connectivity index (χ3v) is 5.15. The quantitative estimate of drug-likeness (QED) is 0.897. The summed E-state index contributed by atoms with van der Waals surface area (Å²) in [5.74, 6) is 0. The van der Waals surface area contributed by atoms with Crippen molar-refractivity contribution in [2.24, 2.45) is 5.41 Å². The molecule has 2 aliphatic heterocycles. The van der Waals surface area contributed by atoms with E-state index in [0.717, 1.165) is 39.0 Å². The lowest BCUT2D eigenvalue weighted by Gasteiger charge is -2.41. The summed E-state index contributed by atoms with van der Waals surface area (Å²) in [6.45, 7) is 6.81. The third-order valence-electron chi connectivity index (χ3n) is 5.15. The van der Waals surface area contributed by atoms with Gasteiger partial charge in [0, 0.05) is 37.3 Å². The summed E-state index contributed by atoms with van der Waals surface area (Å²) in [4.78, 5) is 2.53. The summed E-state index contributed by atoms with van der Waals surface area (Å²) in [5, 5.41) is 13.3. The topological polar surface area (TPSA) is 35.5 Å². The number of para-hydroxylation sites is 1. The lowest BCUT2D eigenvalue weighted by Crippen LogP contribution is -2.44. The molecule has 0 spiro atoms. The first kappa shape index (κ1) is 16.6. The Morgan fingerprint density at radius 3 is 3.00 bits per heavy atom. The lowest BCUT2D eigenvalue weighted by molar-refractivity contribution is 0.0259. The highest BCUT2D eigenvalue weighted by molar-refractivity contribution is 5.85. The molecule has 0 bridgehead atoms. The second-order valence-corrected chi connectivity index (χ2v) is 6.45. The lowest BCUT2D eigenvalue weighted by atomic mass is 9.78. The summed E-state index contributed by atoms with van der Waals surface area (Å²) in [6.07, 6.45) is 4.60. The molecule has 1 aromatic carbocycles. The Labute approximate surface area is 134 Å². The molecular weight excluding hydrogens is 284 g/mol. The number of hydrogen-bond donors (Lipinski definition) is 2. The van der Waals surface area contributed by atoms with Crippen LogP contribution in [-0.4, -0.2) is 36.2 Å². The number of rotatable bonds is 4. The van der Waals surface area contributed by atoms with Gasteiger partial charge in [-0.3, -0.25) is 4.90 Å². The number of piperidine rings is 1. The maximum atomic E-state index is 9.74. The number of hydrogen-bond acceptors (Lipinski definition) is 3. The highest BCUT2D eigenvalue weighted by atomic mass is 35.5. The van der Waals surface area contributed by atoms with Crippen molar-refractivity contribution >= 4 is 18.1 Å². The Bertz CT molecular complexity index is 474. The van der Waals surface area contributed by atoms with E-state index in [2.05, 4.69) is 35.3 Å². The van der Waals surface area contributed by atoms with E-state index in [0.29, 0.717) is 6.61 Å². The Morgan fingerprint density at radius 2 is 2.24 bits per heavy atom. The minimum absolute atomic E-state index is 0. The van der Waals surface area contributed by atoms with Crippen LogP contribution in [0.25, 0.3) is 0 Å². The van der Waals surface area contributed by atoms with Crippen molar-refractivity contribution in [1.82, 2.24) is 4.90 Å². The van der Waals surface area contributed by atoms with Crippen molar-refractivity contribution in [2.45, 2.75) is 39.2 Å². The molecule has 0 radical (unpaired) electrons. The molecule has 0 aliphatic carbocycles. The fraction of sp³-hybridized carbons (Fsp3) is 0.647. The number of anilines is 1. The van der Waals surface area contributed by atoms with Crippen molar-refractivity contribution in [1.29, 1.82) is 0 Å². The molecule has 4 heteroatoms. The van der Waals surface area contributed by atoms with E-state index in [4.69, 9.17) is 0 Å². The van der Waals surface area contributed by atoms with E-state index >= 15 is 0 Å². The molecule has 1 unspecified atom stereocenters. The van der Waals surface area contributed by atoms with Crippen LogP contribution >= 0.6 is 12.4 Å². The number of likely N-dealkylation sites (tertiary alicyclic amines) is 1. The predicted octanol–water partition coefficient (Wildman–Crippen LogP) is 3.06. The van der Waals surface area contributed by atoms with E-state index in [9.17, 15) is 5.11 Å². The highest BCUT2D eigenvalue weighted by Crippen LogP contribution is 2.34. The van der Waals surface area contributed by atoms with E-state index in [1.54, 1.807) is 0 Å². The van der Waals surface area contributed by atoms with Crippen LogP contribution in [0.5, 0.6) is 0 Å². The van der Waals surface area contributed by atoms with Gasteiger partial charge in [-0.05, 0) is 43.4 Å². The number of aliphatic hydroxyl groups excluding tert-OH is 1. The molecule has 2 aliphatic rings. The number of aliphatic hydroxyl groups is 1. The van der Waals surface area contributed by atoms with Gasteiger partial charge in [0.2, 0.25) is 0 Å². The monoisotopic (exact) mass is 310 g/mol. The summed E-state index contributed by atoms with van der Waals surface area (Å²) in [6, 6.07) is 6.67. The average Bonchev–Trinajstić information content (AvgIpc) is 2.97. The zero-order valence-corrected chi connectivity index (χ0v) is 13.7. The van der Waals surface area contributed by atoms with Gasteiger partial charge in [-0.1, -0.05) is 25.1 Å². The maximum absolute atomic E-state index is 9.74. The second-order valence-electron chi connectivity index (χ2n) is 6.45. The Hall–Kier alpha value is -0.770. The number of nitrogens with one attached hydrogen (secondary N) is 1. The van der Waals surface area contributed by atoms with Gasteiger partial charge in [-0.15, -0.1) is 12.4 Å². The molecule has 1 saturated heterocycles. The molecule has 3 rings (SSSR count). The first-order valence-corrected chi connectivity index (χ1v) is 7.94. The van der Waals surface area contributed by atoms with Crippen LogP contribution in [0.3, 0.4) is 0 Å². The van der Waals surface area contributed by atoms with Gasteiger partial charge in [0.1, 0.15) is 0 Å². The molecule has 1 aromatic rings. The van der Waals surface area contributed by atoms with Crippen LogP contribution in [0.1, 0.15) is 37.3 Å². The predicted molar refractivity (Wildman–Crippen MR) is 90.2 cm³/mol. The van der Waals surface area contributed by atoms with Crippen LogP contribution in [0.2, 0.25) is 0 Å². The molecule has 3 nitrogen and oxygen atoms in total. The zero-order valence-electron chi connectivity index (χ0n) is 12.9. The molecule has 1 atom stereocenters. The molecule has 118 valence electrons. The Kier molecular flexibility index (Phi) is 5.53. The summed E-state index contributed by atoms with van der Waals surface area (Å²) in [7, 11) is 0. The normalized spacial score (nSPS) is 25.0. The summed E-state index contributed by atoms with van der Waals surface area (Å²) >= 11 is 0. The molecule has 2 N–H and O–H groups in total. The molecule has 2 heterocycles. The highest BCUT2D eigenvalue weighted by Gasteiger charge is 2.33.